The molecule has 0 bridgehead atoms. The summed E-state index contributed by atoms with van der Waals surface area (Å²) in [4.78, 5) is 27.6. The van der Waals surface area contributed by atoms with Gasteiger partial charge in [-0.3, -0.25) is 4.79 Å². The lowest BCUT2D eigenvalue weighted by Gasteiger charge is -2.02. The molecule has 4 nitrogen and oxygen atoms in total. The van der Waals surface area contributed by atoms with E-state index >= 15 is 0 Å². The Hall–Kier alpha value is -2.75. The number of aryl methyl sites for hydroxylation is 1. The number of aromatic nitrogens is 1. The summed E-state index contributed by atoms with van der Waals surface area (Å²) >= 11 is 0. The van der Waals surface area contributed by atoms with Crippen LogP contribution in [0.5, 0.6) is 0 Å². The van der Waals surface area contributed by atoms with Crippen LogP contribution in [0.2, 0.25) is 0 Å². The standard InChI is InChI=1S/C17H15NO3/c1-12-6-8-13(9-7-12)17(20)15-5-3-4-14(18-15)10-11-16(19)21-2/h3-11H,1-2H3/b11-10+. The minimum absolute atomic E-state index is 0.150. The summed E-state index contributed by atoms with van der Waals surface area (Å²) in [6, 6.07) is 12.4. The fraction of sp³-hybridized carbons (Fsp3) is 0.118. The monoisotopic (exact) mass is 281 g/mol. The third kappa shape index (κ3) is 3.86. The Morgan fingerprint density at radius 2 is 1.81 bits per heavy atom. The maximum atomic E-state index is 12.3. The van der Waals surface area contributed by atoms with Crippen molar-refractivity contribution >= 4 is 17.8 Å². The van der Waals surface area contributed by atoms with E-state index in [1.54, 1.807) is 30.3 Å². The predicted octanol–water partition coefficient (Wildman–Crippen LogP) is 2.81. The van der Waals surface area contributed by atoms with Crippen LogP contribution in [-0.4, -0.2) is 23.8 Å². The smallest absolute Gasteiger partial charge is 0.330 e. The SMILES string of the molecule is COC(=O)/C=C/c1cccc(C(=O)c2ccc(C)cc2)n1. The van der Waals surface area contributed by atoms with Crippen LogP contribution < -0.4 is 0 Å². The van der Waals surface area contributed by atoms with Crippen LogP contribution in [0.3, 0.4) is 0 Å². The number of methoxy groups -OCH3 is 1. The van der Waals surface area contributed by atoms with E-state index in [1.807, 2.05) is 19.1 Å². The number of ketones is 1. The topological polar surface area (TPSA) is 56.3 Å². The van der Waals surface area contributed by atoms with Crippen LogP contribution in [0.25, 0.3) is 6.08 Å². The molecule has 1 heterocycles. The van der Waals surface area contributed by atoms with Gasteiger partial charge in [0.1, 0.15) is 5.69 Å². The molecule has 106 valence electrons. The summed E-state index contributed by atoms with van der Waals surface area (Å²) in [7, 11) is 1.30. The van der Waals surface area contributed by atoms with Gasteiger partial charge >= 0.3 is 5.97 Å². The second-order valence-electron chi connectivity index (χ2n) is 4.50. The first-order valence-corrected chi connectivity index (χ1v) is 6.44. The normalized spacial score (nSPS) is 10.6. The maximum Gasteiger partial charge on any atom is 0.330 e. The van der Waals surface area contributed by atoms with E-state index in [0.717, 1.165) is 5.56 Å². The Balaban J connectivity index is 2.24. The zero-order valence-corrected chi connectivity index (χ0v) is 11.9. The highest BCUT2D eigenvalue weighted by Crippen LogP contribution is 2.10. The molecule has 4 heteroatoms. The number of carbonyl (C=O) groups excluding carboxylic acids is 2. The zero-order chi connectivity index (χ0) is 15.2. The zero-order valence-electron chi connectivity index (χ0n) is 11.9. The number of carbonyl (C=O) groups is 2. The van der Waals surface area contributed by atoms with Crippen molar-refractivity contribution in [2.45, 2.75) is 6.92 Å². The van der Waals surface area contributed by atoms with E-state index in [0.29, 0.717) is 17.0 Å². The van der Waals surface area contributed by atoms with Crippen molar-refractivity contribution in [2.75, 3.05) is 7.11 Å². The van der Waals surface area contributed by atoms with Gasteiger partial charge in [-0.15, -0.1) is 0 Å². The molecule has 0 amide bonds. The van der Waals surface area contributed by atoms with Gasteiger partial charge in [0, 0.05) is 11.6 Å². The van der Waals surface area contributed by atoms with Crippen molar-refractivity contribution in [3.63, 3.8) is 0 Å². The van der Waals surface area contributed by atoms with Crippen LogP contribution in [-0.2, 0) is 9.53 Å². The average molecular weight is 281 g/mol. The third-order valence-electron chi connectivity index (χ3n) is 2.91. The molecule has 0 aliphatic heterocycles. The number of pyridine rings is 1. The fourth-order valence-corrected chi connectivity index (χ4v) is 1.75. The van der Waals surface area contributed by atoms with E-state index in [-0.39, 0.29) is 5.78 Å². The van der Waals surface area contributed by atoms with Gasteiger partial charge in [0.15, 0.2) is 0 Å². The number of hydrogen-bond donors (Lipinski definition) is 0. The molecule has 0 fully saturated rings. The summed E-state index contributed by atoms with van der Waals surface area (Å²) in [5, 5.41) is 0. The van der Waals surface area contributed by atoms with Crippen molar-refractivity contribution in [3.05, 3.63) is 71.1 Å². The highest BCUT2D eigenvalue weighted by molar-refractivity contribution is 6.07. The Bertz CT molecular complexity index is 687. The van der Waals surface area contributed by atoms with Crippen LogP contribution in [0, 0.1) is 6.92 Å². The summed E-state index contributed by atoms with van der Waals surface area (Å²) in [5.74, 6) is -0.615. The molecule has 0 spiro atoms. The molecule has 2 rings (SSSR count). The number of rotatable bonds is 4. The van der Waals surface area contributed by atoms with Crippen molar-refractivity contribution < 1.29 is 14.3 Å². The van der Waals surface area contributed by atoms with Crippen LogP contribution in [0.1, 0.15) is 27.3 Å². The van der Waals surface area contributed by atoms with Gasteiger partial charge < -0.3 is 4.74 Å². The summed E-state index contributed by atoms with van der Waals surface area (Å²) in [6.45, 7) is 1.96. The Morgan fingerprint density at radius 3 is 2.48 bits per heavy atom. The maximum absolute atomic E-state index is 12.3. The van der Waals surface area contributed by atoms with Gasteiger partial charge in [-0.2, -0.15) is 0 Å². The van der Waals surface area contributed by atoms with Gasteiger partial charge in [0.05, 0.1) is 12.8 Å². The molecule has 0 saturated heterocycles. The second kappa shape index (κ2) is 6.61. The van der Waals surface area contributed by atoms with Crippen molar-refractivity contribution in [1.82, 2.24) is 4.98 Å². The van der Waals surface area contributed by atoms with Gasteiger partial charge in [-0.1, -0.05) is 35.9 Å². The minimum Gasteiger partial charge on any atom is -0.466 e. The van der Waals surface area contributed by atoms with Gasteiger partial charge in [0.25, 0.3) is 0 Å². The molecule has 0 radical (unpaired) electrons. The molecule has 0 aliphatic carbocycles. The van der Waals surface area contributed by atoms with Gasteiger partial charge in [-0.25, -0.2) is 9.78 Å². The largest absolute Gasteiger partial charge is 0.466 e. The first-order chi connectivity index (χ1) is 10.1. The van der Waals surface area contributed by atoms with Crippen molar-refractivity contribution in [2.24, 2.45) is 0 Å². The first-order valence-electron chi connectivity index (χ1n) is 6.44. The molecule has 0 saturated carbocycles. The Labute approximate surface area is 123 Å². The molecule has 2 aromatic rings. The predicted molar refractivity (Wildman–Crippen MR) is 79.9 cm³/mol. The number of ether oxygens (including phenoxy) is 1. The molecule has 0 aliphatic rings. The summed E-state index contributed by atoms with van der Waals surface area (Å²) in [6.07, 6.45) is 2.78. The number of esters is 1. The number of nitrogens with zero attached hydrogens (tertiary/aromatic N) is 1. The van der Waals surface area contributed by atoms with E-state index in [9.17, 15) is 9.59 Å². The van der Waals surface area contributed by atoms with E-state index < -0.39 is 5.97 Å². The lowest BCUT2D eigenvalue weighted by Crippen LogP contribution is -2.04. The molecule has 0 atom stereocenters. The average Bonchev–Trinajstić information content (AvgIpc) is 2.53. The molecular weight excluding hydrogens is 266 g/mol. The van der Waals surface area contributed by atoms with Crippen LogP contribution >= 0.6 is 0 Å². The van der Waals surface area contributed by atoms with Crippen LogP contribution in [0.15, 0.2) is 48.5 Å². The van der Waals surface area contributed by atoms with E-state index in [4.69, 9.17) is 0 Å². The molecular formula is C17H15NO3. The second-order valence-corrected chi connectivity index (χ2v) is 4.50. The minimum atomic E-state index is -0.466. The van der Waals surface area contributed by atoms with Crippen LogP contribution in [0.4, 0.5) is 0 Å². The molecule has 1 aromatic heterocycles. The van der Waals surface area contributed by atoms with Gasteiger partial charge in [0.2, 0.25) is 5.78 Å². The number of hydrogen-bond acceptors (Lipinski definition) is 4. The summed E-state index contributed by atoms with van der Waals surface area (Å²) in [5.41, 5.74) is 2.54. The molecule has 21 heavy (non-hydrogen) atoms. The summed E-state index contributed by atoms with van der Waals surface area (Å²) < 4.78 is 4.51. The molecule has 0 unspecified atom stereocenters. The number of benzene rings is 1. The highest BCUT2D eigenvalue weighted by atomic mass is 16.5. The highest BCUT2D eigenvalue weighted by Gasteiger charge is 2.10. The van der Waals surface area contributed by atoms with Gasteiger partial charge in [-0.05, 0) is 25.1 Å². The lowest BCUT2D eigenvalue weighted by atomic mass is 10.1. The van der Waals surface area contributed by atoms with Crippen molar-refractivity contribution in [1.29, 1.82) is 0 Å². The van der Waals surface area contributed by atoms with Crippen molar-refractivity contribution in [3.8, 4) is 0 Å². The lowest BCUT2D eigenvalue weighted by molar-refractivity contribution is -0.134. The van der Waals surface area contributed by atoms with E-state index in [2.05, 4.69) is 9.72 Å². The Kier molecular flexibility index (Phi) is 4.61. The molecule has 0 N–H and O–H groups in total. The first kappa shape index (κ1) is 14.7. The quantitative estimate of drug-likeness (QED) is 0.491. The molecule has 1 aromatic carbocycles. The fourth-order valence-electron chi connectivity index (χ4n) is 1.75. The third-order valence-corrected chi connectivity index (χ3v) is 2.91. The van der Waals surface area contributed by atoms with E-state index in [1.165, 1.54) is 19.3 Å². The Morgan fingerprint density at radius 1 is 1.10 bits per heavy atom.